The molecule has 4 rings (SSSR count). The summed E-state index contributed by atoms with van der Waals surface area (Å²) in [5, 5.41) is 4.58. The highest BCUT2D eigenvalue weighted by Crippen LogP contribution is 2.48. The molecule has 0 amide bonds. The highest BCUT2D eigenvalue weighted by Gasteiger charge is 2.53. The molecule has 0 bridgehead atoms. The Bertz CT molecular complexity index is 900. The first-order valence-electron chi connectivity index (χ1n) is 9.01. The largest absolute Gasteiger partial charge is 0.338 e. The first-order valence-corrected chi connectivity index (χ1v) is 10.9. The molecule has 1 heterocycles. The van der Waals surface area contributed by atoms with Crippen LogP contribution >= 0.6 is 24.0 Å². The second-order valence-electron chi connectivity index (χ2n) is 7.45. The summed E-state index contributed by atoms with van der Waals surface area (Å²) in [5.74, 6) is 0.610. The second-order valence-corrected chi connectivity index (χ2v) is 10.1. The van der Waals surface area contributed by atoms with Crippen LogP contribution in [0.5, 0.6) is 0 Å². The van der Waals surface area contributed by atoms with E-state index in [0.717, 1.165) is 38.5 Å². The lowest BCUT2D eigenvalue weighted by atomic mass is 9.98. The minimum absolute atomic E-state index is 0. The van der Waals surface area contributed by atoms with Crippen LogP contribution in [0.25, 0.3) is 0 Å². The number of rotatable bonds is 4. The van der Waals surface area contributed by atoms with Crippen LogP contribution in [0.2, 0.25) is 5.02 Å². The van der Waals surface area contributed by atoms with Gasteiger partial charge in [0.1, 0.15) is 0 Å². The minimum atomic E-state index is -3.70. The maximum absolute atomic E-state index is 13.5. The van der Waals surface area contributed by atoms with Gasteiger partial charge >= 0.3 is 0 Å². The molecular formula is C18H23Cl2N3O3S. The Kier molecular flexibility index (Phi) is 5.60. The van der Waals surface area contributed by atoms with Crippen LogP contribution < -0.4 is 5.73 Å². The van der Waals surface area contributed by atoms with Crippen molar-refractivity contribution in [3.05, 3.63) is 41.0 Å². The lowest BCUT2D eigenvalue weighted by Gasteiger charge is -2.25. The van der Waals surface area contributed by atoms with Gasteiger partial charge in [0.05, 0.1) is 10.4 Å². The lowest BCUT2D eigenvalue weighted by Crippen LogP contribution is -2.36. The number of aromatic nitrogens is 2. The van der Waals surface area contributed by atoms with Gasteiger partial charge in [-0.15, -0.1) is 12.4 Å². The number of nitrogens with zero attached hydrogens (tertiary/aromatic N) is 2. The number of hydrogen-bond donors (Lipinski definition) is 1. The summed E-state index contributed by atoms with van der Waals surface area (Å²) in [6.45, 7) is 0. The molecular weight excluding hydrogens is 409 g/mol. The fourth-order valence-electron chi connectivity index (χ4n) is 4.22. The quantitative estimate of drug-likeness (QED) is 0.781. The van der Waals surface area contributed by atoms with Crippen molar-refractivity contribution >= 4 is 33.8 Å². The summed E-state index contributed by atoms with van der Waals surface area (Å²) in [7, 11) is -3.70. The Morgan fingerprint density at radius 2 is 1.56 bits per heavy atom. The first-order chi connectivity index (χ1) is 12.4. The molecule has 2 fully saturated rings. The molecule has 0 atom stereocenters. The van der Waals surface area contributed by atoms with Gasteiger partial charge in [-0.05, 0) is 49.9 Å². The Hall–Kier alpha value is -1.15. The van der Waals surface area contributed by atoms with E-state index in [9.17, 15) is 8.42 Å². The minimum Gasteiger partial charge on any atom is -0.338 e. The Balaban J connectivity index is 0.00000210. The SMILES string of the molecule is Cl.NC1(c2noc(C3(S(=O)(=O)c4ccc(Cl)cc4)CCCC3)n2)CCCC1. The molecule has 2 aliphatic carbocycles. The number of halogens is 2. The molecule has 2 aliphatic rings. The summed E-state index contributed by atoms with van der Waals surface area (Å²) in [6.07, 6.45) is 6.18. The molecule has 148 valence electrons. The zero-order valence-electron chi connectivity index (χ0n) is 14.9. The topological polar surface area (TPSA) is 99.1 Å². The van der Waals surface area contributed by atoms with E-state index in [0.29, 0.717) is 23.7 Å². The van der Waals surface area contributed by atoms with Crippen molar-refractivity contribution < 1.29 is 12.9 Å². The second kappa shape index (κ2) is 7.35. The van der Waals surface area contributed by atoms with Gasteiger partial charge in [0, 0.05) is 5.02 Å². The Morgan fingerprint density at radius 1 is 1.00 bits per heavy atom. The number of nitrogens with two attached hydrogens (primary N) is 1. The zero-order chi connectivity index (χ0) is 18.4. The van der Waals surface area contributed by atoms with Crippen LogP contribution in [0.15, 0.2) is 33.7 Å². The maximum atomic E-state index is 13.5. The molecule has 0 aliphatic heterocycles. The Labute approximate surface area is 170 Å². The molecule has 0 unspecified atom stereocenters. The lowest BCUT2D eigenvalue weighted by molar-refractivity contribution is 0.317. The summed E-state index contributed by atoms with van der Waals surface area (Å²) in [5.41, 5.74) is 5.82. The van der Waals surface area contributed by atoms with E-state index in [1.807, 2.05) is 0 Å². The zero-order valence-corrected chi connectivity index (χ0v) is 17.2. The average molecular weight is 432 g/mol. The van der Waals surface area contributed by atoms with Crippen LogP contribution in [-0.4, -0.2) is 18.6 Å². The highest BCUT2D eigenvalue weighted by atomic mass is 35.5. The van der Waals surface area contributed by atoms with E-state index < -0.39 is 20.1 Å². The van der Waals surface area contributed by atoms with Crippen LogP contribution in [0.1, 0.15) is 63.1 Å². The molecule has 27 heavy (non-hydrogen) atoms. The van der Waals surface area contributed by atoms with E-state index >= 15 is 0 Å². The van der Waals surface area contributed by atoms with Crippen molar-refractivity contribution in [2.45, 2.75) is 66.5 Å². The molecule has 2 saturated carbocycles. The number of hydrogen-bond acceptors (Lipinski definition) is 6. The van der Waals surface area contributed by atoms with Gasteiger partial charge in [-0.2, -0.15) is 4.98 Å². The van der Waals surface area contributed by atoms with Crippen molar-refractivity contribution in [3.63, 3.8) is 0 Å². The van der Waals surface area contributed by atoms with Crippen molar-refractivity contribution in [3.8, 4) is 0 Å². The maximum Gasteiger partial charge on any atom is 0.248 e. The summed E-state index contributed by atoms with van der Waals surface area (Å²) < 4.78 is 31.3. The average Bonchev–Trinajstić information content (AvgIpc) is 3.36. The smallest absolute Gasteiger partial charge is 0.248 e. The van der Waals surface area contributed by atoms with Crippen LogP contribution in [0.3, 0.4) is 0 Å². The molecule has 0 saturated heterocycles. The van der Waals surface area contributed by atoms with E-state index in [2.05, 4.69) is 10.1 Å². The van der Waals surface area contributed by atoms with Gasteiger partial charge < -0.3 is 10.3 Å². The molecule has 0 spiro atoms. The van der Waals surface area contributed by atoms with Gasteiger partial charge in [0.15, 0.2) is 20.4 Å². The van der Waals surface area contributed by atoms with E-state index in [1.165, 1.54) is 12.1 Å². The molecule has 1 aromatic carbocycles. The summed E-state index contributed by atoms with van der Waals surface area (Å²) >= 11 is 5.91. The van der Waals surface area contributed by atoms with Crippen molar-refractivity contribution in [1.82, 2.24) is 10.1 Å². The third-order valence-electron chi connectivity index (χ3n) is 5.81. The van der Waals surface area contributed by atoms with Crippen molar-refractivity contribution in [2.24, 2.45) is 5.73 Å². The standard InChI is InChI=1S/C18H22ClN3O3S.ClH/c19-13-5-7-14(8-6-13)26(23,24)18(11-3-4-12-18)16-21-15(22-25-16)17(20)9-1-2-10-17;/h5-8H,1-4,9-12,20H2;1H. The number of sulfone groups is 1. The third kappa shape index (κ3) is 3.28. The van der Waals surface area contributed by atoms with E-state index in [-0.39, 0.29) is 23.2 Å². The highest BCUT2D eigenvalue weighted by molar-refractivity contribution is 7.92. The van der Waals surface area contributed by atoms with Gasteiger partial charge in [-0.3, -0.25) is 0 Å². The monoisotopic (exact) mass is 431 g/mol. The molecule has 9 heteroatoms. The fraction of sp³-hybridized carbons (Fsp3) is 0.556. The normalized spacial score (nSPS) is 21.1. The fourth-order valence-corrected chi connectivity index (χ4v) is 6.43. The summed E-state index contributed by atoms with van der Waals surface area (Å²) in [6, 6.07) is 6.25. The number of benzene rings is 1. The van der Waals surface area contributed by atoms with E-state index in [4.69, 9.17) is 21.9 Å². The van der Waals surface area contributed by atoms with Crippen LogP contribution in [0.4, 0.5) is 0 Å². The molecule has 2 N–H and O–H groups in total. The first kappa shape index (κ1) is 20.6. The Morgan fingerprint density at radius 3 is 2.15 bits per heavy atom. The van der Waals surface area contributed by atoms with Gasteiger partial charge in [-0.25, -0.2) is 8.42 Å². The van der Waals surface area contributed by atoms with Crippen molar-refractivity contribution in [1.29, 1.82) is 0 Å². The predicted molar refractivity (Wildman–Crippen MR) is 105 cm³/mol. The molecule has 0 radical (unpaired) electrons. The predicted octanol–water partition coefficient (Wildman–Crippen LogP) is 4.12. The van der Waals surface area contributed by atoms with Gasteiger partial charge in [0.2, 0.25) is 5.89 Å². The van der Waals surface area contributed by atoms with E-state index in [1.54, 1.807) is 12.1 Å². The molecule has 1 aromatic heterocycles. The molecule has 6 nitrogen and oxygen atoms in total. The molecule has 2 aromatic rings. The van der Waals surface area contributed by atoms with Gasteiger partial charge in [0.25, 0.3) is 0 Å². The van der Waals surface area contributed by atoms with Gasteiger partial charge in [-0.1, -0.05) is 42.4 Å². The van der Waals surface area contributed by atoms with Crippen molar-refractivity contribution in [2.75, 3.05) is 0 Å². The summed E-state index contributed by atoms with van der Waals surface area (Å²) in [4.78, 5) is 4.75. The third-order valence-corrected chi connectivity index (χ3v) is 8.56. The van der Waals surface area contributed by atoms with Crippen LogP contribution in [0, 0.1) is 0 Å². The van der Waals surface area contributed by atoms with Crippen LogP contribution in [-0.2, 0) is 20.1 Å².